The van der Waals surface area contributed by atoms with Gasteiger partial charge in [0.25, 0.3) is 5.91 Å². The normalized spacial score (nSPS) is 21.7. The zero-order valence-electron chi connectivity index (χ0n) is 13.0. The molecule has 1 atom stereocenters. The van der Waals surface area contributed by atoms with E-state index in [1.54, 1.807) is 4.68 Å². The lowest BCUT2D eigenvalue weighted by Gasteiger charge is -2.39. The number of aryl methyl sites for hydroxylation is 2. The van der Waals surface area contributed by atoms with E-state index in [2.05, 4.69) is 24.3 Å². The molecule has 1 fully saturated rings. The first kappa shape index (κ1) is 14.9. The second-order valence-corrected chi connectivity index (χ2v) is 6.42. The fourth-order valence-electron chi connectivity index (χ4n) is 3.05. The van der Waals surface area contributed by atoms with Gasteiger partial charge < -0.3 is 11.1 Å². The van der Waals surface area contributed by atoms with Crippen LogP contribution >= 0.6 is 0 Å². The van der Waals surface area contributed by atoms with Gasteiger partial charge in [0, 0.05) is 12.6 Å². The molecule has 0 saturated heterocycles. The number of aromatic nitrogens is 2. The Morgan fingerprint density at radius 2 is 2.20 bits per heavy atom. The Labute approximate surface area is 120 Å². The molecule has 1 aliphatic rings. The van der Waals surface area contributed by atoms with Crippen molar-refractivity contribution in [3.63, 3.8) is 0 Å². The predicted octanol–water partition coefficient (Wildman–Crippen LogP) is 2.49. The fourth-order valence-corrected chi connectivity index (χ4v) is 3.05. The van der Waals surface area contributed by atoms with E-state index in [9.17, 15) is 4.79 Å². The molecule has 2 rings (SSSR count). The highest BCUT2D eigenvalue weighted by atomic mass is 16.2. The van der Waals surface area contributed by atoms with Crippen LogP contribution in [0.3, 0.4) is 0 Å². The standard InChI is InChI=1S/C15H26N4O/c1-5-19-13(12(16)10(2)18-19)14(20)17-11-8-6-7-9-15(11,3)4/h11H,5-9,16H2,1-4H3,(H,17,20). The van der Waals surface area contributed by atoms with E-state index < -0.39 is 0 Å². The van der Waals surface area contributed by atoms with Gasteiger partial charge in [-0.25, -0.2) is 0 Å². The van der Waals surface area contributed by atoms with Crippen LogP contribution in [0.1, 0.15) is 62.6 Å². The summed E-state index contributed by atoms with van der Waals surface area (Å²) < 4.78 is 1.69. The third-order valence-corrected chi connectivity index (χ3v) is 4.50. The summed E-state index contributed by atoms with van der Waals surface area (Å²) in [4.78, 5) is 12.6. The monoisotopic (exact) mass is 278 g/mol. The third-order valence-electron chi connectivity index (χ3n) is 4.50. The Morgan fingerprint density at radius 1 is 1.50 bits per heavy atom. The third kappa shape index (κ3) is 2.67. The van der Waals surface area contributed by atoms with E-state index in [0.717, 1.165) is 18.5 Å². The molecule has 5 nitrogen and oxygen atoms in total. The van der Waals surface area contributed by atoms with Crippen LogP contribution in [0.25, 0.3) is 0 Å². The maximum absolute atomic E-state index is 12.6. The van der Waals surface area contributed by atoms with Crippen LogP contribution in [0.4, 0.5) is 5.69 Å². The smallest absolute Gasteiger partial charge is 0.271 e. The summed E-state index contributed by atoms with van der Waals surface area (Å²) in [5.74, 6) is -0.0927. The van der Waals surface area contributed by atoms with Crippen molar-refractivity contribution in [2.75, 3.05) is 5.73 Å². The number of amides is 1. The average Bonchev–Trinajstić information content (AvgIpc) is 2.67. The van der Waals surface area contributed by atoms with Crippen LogP contribution in [-0.2, 0) is 6.54 Å². The number of nitrogen functional groups attached to an aromatic ring is 1. The second-order valence-electron chi connectivity index (χ2n) is 6.42. The summed E-state index contributed by atoms with van der Waals surface area (Å²) >= 11 is 0. The molecule has 1 aliphatic carbocycles. The zero-order valence-corrected chi connectivity index (χ0v) is 13.0. The Hall–Kier alpha value is -1.52. The van der Waals surface area contributed by atoms with Crippen LogP contribution in [0.5, 0.6) is 0 Å². The van der Waals surface area contributed by atoms with Crippen molar-refractivity contribution in [1.29, 1.82) is 0 Å². The van der Waals surface area contributed by atoms with Gasteiger partial charge in [0.15, 0.2) is 0 Å². The first-order chi connectivity index (χ1) is 9.36. The van der Waals surface area contributed by atoms with Crippen molar-refractivity contribution in [1.82, 2.24) is 15.1 Å². The predicted molar refractivity (Wildman–Crippen MR) is 80.6 cm³/mol. The number of nitrogens with two attached hydrogens (primary N) is 1. The van der Waals surface area contributed by atoms with E-state index in [4.69, 9.17) is 5.73 Å². The van der Waals surface area contributed by atoms with Crippen LogP contribution < -0.4 is 11.1 Å². The fraction of sp³-hybridized carbons (Fsp3) is 0.733. The first-order valence-corrected chi connectivity index (χ1v) is 7.50. The van der Waals surface area contributed by atoms with E-state index in [-0.39, 0.29) is 17.4 Å². The summed E-state index contributed by atoms with van der Waals surface area (Å²) in [6.45, 7) is 8.90. The molecular weight excluding hydrogens is 252 g/mol. The molecule has 1 amide bonds. The molecule has 1 saturated carbocycles. The van der Waals surface area contributed by atoms with E-state index in [1.165, 1.54) is 12.8 Å². The van der Waals surface area contributed by atoms with Gasteiger partial charge in [-0.05, 0) is 32.1 Å². The van der Waals surface area contributed by atoms with Crippen LogP contribution in [0.15, 0.2) is 0 Å². The van der Waals surface area contributed by atoms with Gasteiger partial charge in [-0.1, -0.05) is 26.7 Å². The van der Waals surface area contributed by atoms with Crippen molar-refractivity contribution in [2.24, 2.45) is 5.41 Å². The Kier molecular flexibility index (Phi) is 4.06. The number of hydrogen-bond acceptors (Lipinski definition) is 3. The molecule has 1 unspecified atom stereocenters. The van der Waals surface area contributed by atoms with Crippen LogP contribution in [-0.4, -0.2) is 21.7 Å². The molecule has 0 radical (unpaired) electrons. The zero-order chi connectivity index (χ0) is 14.9. The quantitative estimate of drug-likeness (QED) is 0.892. The maximum atomic E-state index is 12.6. The largest absolute Gasteiger partial charge is 0.395 e. The minimum atomic E-state index is -0.0927. The summed E-state index contributed by atoms with van der Waals surface area (Å²) in [7, 11) is 0. The minimum Gasteiger partial charge on any atom is -0.395 e. The molecule has 112 valence electrons. The van der Waals surface area contributed by atoms with Crippen LogP contribution in [0, 0.1) is 12.3 Å². The molecule has 0 bridgehead atoms. The highest BCUT2D eigenvalue weighted by Crippen LogP contribution is 2.35. The summed E-state index contributed by atoms with van der Waals surface area (Å²) in [5, 5.41) is 7.48. The number of nitrogens with one attached hydrogen (secondary N) is 1. The number of rotatable bonds is 3. The molecule has 5 heteroatoms. The van der Waals surface area contributed by atoms with Gasteiger partial charge in [0.05, 0.1) is 11.4 Å². The van der Waals surface area contributed by atoms with Gasteiger partial charge in [0.1, 0.15) is 5.69 Å². The Balaban J connectivity index is 2.20. The number of hydrogen-bond donors (Lipinski definition) is 2. The van der Waals surface area contributed by atoms with Crippen molar-refractivity contribution in [3.8, 4) is 0 Å². The van der Waals surface area contributed by atoms with E-state index in [1.807, 2.05) is 13.8 Å². The molecule has 20 heavy (non-hydrogen) atoms. The second kappa shape index (κ2) is 5.46. The lowest BCUT2D eigenvalue weighted by Crippen LogP contribution is -2.47. The van der Waals surface area contributed by atoms with E-state index in [0.29, 0.717) is 17.9 Å². The van der Waals surface area contributed by atoms with Gasteiger partial charge in [-0.2, -0.15) is 5.10 Å². The molecule has 0 aliphatic heterocycles. The van der Waals surface area contributed by atoms with Crippen molar-refractivity contribution < 1.29 is 4.79 Å². The Bertz CT molecular complexity index is 504. The highest BCUT2D eigenvalue weighted by Gasteiger charge is 2.34. The Morgan fingerprint density at radius 3 is 2.80 bits per heavy atom. The van der Waals surface area contributed by atoms with E-state index >= 15 is 0 Å². The summed E-state index contributed by atoms with van der Waals surface area (Å²) in [6, 6.07) is 0.212. The van der Waals surface area contributed by atoms with Crippen molar-refractivity contribution in [2.45, 2.75) is 66.0 Å². The average molecular weight is 278 g/mol. The SMILES string of the molecule is CCn1nc(C)c(N)c1C(=O)NC1CCCCC1(C)C. The highest BCUT2D eigenvalue weighted by molar-refractivity contribution is 5.98. The lowest BCUT2D eigenvalue weighted by atomic mass is 9.73. The molecular formula is C15H26N4O. The number of nitrogens with zero attached hydrogens (tertiary/aromatic N) is 2. The molecule has 1 heterocycles. The number of carbonyl (C=O) groups is 1. The van der Waals surface area contributed by atoms with Gasteiger partial charge >= 0.3 is 0 Å². The maximum Gasteiger partial charge on any atom is 0.271 e. The lowest BCUT2D eigenvalue weighted by molar-refractivity contribution is 0.0844. The van der Waals surface area contributed by atoms with Gasteiger partial charge in [-0.15, -0.1) is 0 Å². The summed E-state index contributed by atoms with van der Waals surface area (Å²) in [5.41, 5.74) is 7.88. The number of anilines is 1. The van der Waals surface area contributed by atoms with Gasteiger partial charge in [0.2, 0.25) is 0 Å². The van der Waals surface area contributed by atoms with Crippen molar-refractivity contribution in [3.05, 3.63) is 11.4 Å². The first-order valence-electron chi connectivity index (χ1n) is 7.50. The molecule has 0 aromatic carbocycles. The molecule has 3 N–H and O–H groups in total. The van der Waals surface area contributed by atoms with Gasteiger partial charge in [-0.3, -0.25) is 9.48 Å². The van der Waals surface area contributed by atoms with Crippen molar-refractivity contribution >= 4 is 11.6 Å². The topological polar surface area (TPSA) is 72.9 Å². The molecule has 0 spiro atoms. The molecule has 1 aromatic rings. The minimum absolute atomic E-state index is 0.0927. The van der Waals surface area contributed by atoms with Crippen LogP contribution in [0.2, 0.25) is 0 Å². The molecule has 1 aromatic heterocycles. The number of carbonyl (C=O) groups excluding carboxylic acids is 1. The summed E-state index contributed by atoms with van der Waals surface area (Å²) in [6.07, 6.45) is 4.61.